The van der Waals surface area contributed by atoms with Gasteiger partial charge in [0.2, 0.25) is 0 Å². The average molecular weight is 231 g/mol. The van der Waals surface area contributed by atoms with E-state index in [1.54, 1.807) is 11.8 Å². The van der Waals surface area contributed by atoms with Crippen LogP contribution < -0.4 is 5.73 Å². The topological polar surface area (TPSA) is 61.9 Å². The number of hydrogen-bond acceptors (Lipinski definition) is 4. The molecule has 5 heteroatoms. The van der Waals surface area contributed by atoms with Gasteiger partial charge in [0.25, 0.3) is 0 Å². The van der Waals surface area contributed by atoms with Crippen molar-refractivity contribution in [2.45, 2.75) is 37.5 Å². The maximum atomic E-state index is 8.79. The van der Waals surface area contributed by atoms with Crippen LogP contribution in [0.3, 0.4) is 0 Å². The first-order valence-electron chi connectivity index (χ1n) is 5.33. The molecule has 15 heavy (non-hydrogen) atoms. The van der Waals surface area contributed by atoms with Crippen molar-refractivity contribution >= 4 is 17.6 Å². The van der Waals surface area contributed by atoms with Crippen molar-refractivity contribution in [2.75, 3.05) is 19.3 Å². The Hall–Kier alpha value is -0.420. The molecule has 0 aromatic carbocycles. The van der Waals surface area contributed by atoms with Crippen molar-refractivity contribution in [1.29, 1.82) is 0 Å². The highest BCUT2D eigenvalue weighted by Gasteiger charge is 2.38. The standard InChI is InChI=1S/C10H21N3OS/c1-8(2)13-6-4-10(15-3,5-7-13)9(11)12-14/h8,14H,4-7H2,1-3H3,(H2,11,12). The van der Waals surface area contributed by atoms with Gasteiger partial charge in [-0.25, -0.2) is 0 Å². The third-order valence-electron chi connectivity index (χ3n) is 3.30. The average Bonchev–Trinajstić information content (AvgIpc) is 2.27. The number of thioether (sulfide) groups is 1. The second-order valence-corrected chi connectivity index (χ2v) is 5.50. The van der Waals surface area contributed by atoms with Crippen molar-refractivity contribution in [3.63, 3.8) is 0 Å². The van der Waals surface area contributed by atoms with E-state index in [1.807, 2.05) is 6.26 Å². The number of nitrogens with zero attached hydrogens (tertiary/aromatic N) is 2. The minimum atomic E-state index is -0.153. The van der Waals surface area contributed by atoms with Crippen molar-refractivity contribution in [3.05, 3.63) is 0 Å². The van der Waals surface area contributed by atoms with Gasteiger partial charge in [-0.15, -0.1) is 0 Å². The lowest BCUT2D eigenvalue weighted by Crippen LogP contribution is -2.51. The zero-order valence-electron chi connectivity index (χ0n) is 9.73. The van der Waals surface area contributed by atoms with E-state index < -0.39 is 0 Å². The molecule has 0 aromatic rings. The second-order valence-electron chi connectivity index (χ2n) is 4.31. The quantitative estimate of drug-likeness (QED) is 0.333. The summed E-state index contributed by atoms with van der Waals surface area (Å²) in [4.78, 5) is 2.43. The Morgan fingerprint density at radius 3 is 2.33 bits per heavy atom. The van der Waals surface area contributed by atoms with E-state index >= 15 is 0 Å². The van der Waals surface area contributed by atoms with Crippen LogP contribution in [-0.4, -0.2) is 46.1 Å². The normalized spacial score (nSPS) is 23.3. The number of nitrogens with two attached hydrogens (primary N) is 1. The predicted molar refractivity (Wildman–Crippen MR) is 65.6 cm³/mol. The van der Waals surface area contributed by atoms with Crippen LogP contribution in [-0.2, 0) is 0 Å². The third kappa shape index (κ3) is 2.58. The Labute approximate surface area is 95.9 Å². The molecule has 0 atom stereocenters. The van der Waals surface area contributed by atoms with Crippen LogP contribution in [0, 0.1) is 0 Å². The predicted octanol–water partition coefficient (Wildman–Crippen LogP) is 1.34. The summed E-state index contributed by atoms with van der Waals surface area (Å²) in [5.74, 6) is 0.374. The lowest BCUT2D eigenvalue weighted by Gasteiger charge is -2.41. The molecule has 0 unspecified atom stereocenters. The number of rotatable bonds is 3. The van der Waals surface area contributed by atoms with Gasteiger partial charge in [0, 0.05) is 19.1 Å². The van der Waals surface area contributed by atoms with E-state index in [0.717, 1.165) is 25.9 Å². The lowest BCUT2D eigenvalue weighted by molar-refractivity contribution is 0.176. The molecule has 1 fully saturated rings. The number of piperidine rings is 1. The molecule has 1 saturated heterocycles. The van der Waals surface area contributed by atoms with Crippen molar-refractivity contribution in [1.82, 2.24) is 4.90 Å². The summed E-state index contributed by atoms with van der Waals surface area (Å²) in [7, 11) is 0. The molecule has 1 aliphatic heterocycles. The second kappa shape index (κ2) is 5.07. The van der Waals surface area contributed by atoms with Crippen LogP contribution in [0.2, 0.25) is 0 Å². The van der Waals surface area contributed by atoms with Gasteiger partial charge in [-0.1, -0.05) is 5.16 Å². The molecule has 1 aliphatic rings. The molecule has 1 heterocycles. The summed E-state index contributed by atoms with van der Waals surface area (Å²) in [6, 6.07) is 0.581. The summed E-state index contributed by atoms with van der Waals surface area (Å²) >= 11 is 1.70. The van der Waals surface area contributed by atoms with Gasteiger partial charge in [-0.3, -0.25) is 0 Å². The SMILES string of the molecule is CSC1(C(N)=NO)CCN(C(C)C)CC1. The lowest BCUT2D eigenvalue weighted by atomic mass is 9.94. The van der Waals surface area contributed by atoms with Crippen LogP contribution in [0.1, 0.15) is 26.7 Å². The number of amidine groups is 1. The minimum Gasteiger partial charge on any atom is -0.409 e. The van der Waals surface area contributed by atoms with Crippen LogP contribution in [0.4, 0.5) is 0 Å². The number of hydrogen-bond donors (Lipinski definition) is 2. The molecule has 4 nitrogen and oxygen atoms in total. The number of oxime groups is 1. The summed E-state index contributed by atoms with van der Waals surface area (Å²) in [6.07, 6.45) is 3.95. The van der Waals surface area contributed by atoms with Crippen LogP contribution in [0.15, 0.2) is 5.16 Å². The van der Waals surface area contributed by atoms with Crippen LogP contribution in [0.25, 0.3) is 0 Å². The first-order valence-corrected chi connectivity index (χ1v) is 6.55. The van der Waals surface area contributed by atoms with Crippen molar-refractivity contribution in [3.8, 4) is 0 Å². The Kier molecular flexibility index (Phi) is 4.28. The highest BCUT2D eigenvalue weighted by molar-refractivity contribution is 8.00. The fourth-order valence-corrected chi connectivity index (χ4v) is 2.90. The van der Waals surface area contributed by atoms with Gasteiger partial charge >= 0.3 is 0 Å². The zero-order chi connectivity index (χ0) is 11.5. The highest BCUT2D eigenvalue weighted by Crippen LogP contribution is 2.35. The molecule has 0 aliphatic carbocycles. The van der Waals surface area contributed by atoms with E-state index in [0.29, 0.717) is 11.9 Å². The Morgan fingerprint density at radius 2 is 2.00 bits per heavy atom. The molecule has 88 valence electrons. The van der Waals surface area contributed by atoms with Gasteiger partial charge < -0.3 is 15.8 Å². The maximum Gasteiger partial charge on any atom is 0.155 e. The van der Waals surface area contributed by atoms with Gasteiger partial charge in [-0.05, 0) is 32.9 Å². The van der Waals surface area contributed by atoms with Crippen LogP contribution >= 0.6 is 11.8 Å². The van der Waals surface area contributed by atoms with Gasteiger partial charge in [0.15, 0.2) is 5.84 Å². The molecule has 0 aromatic heterocycles. The monoisotopic (exact) mass is 231 g/mol. The molecule has 1 rings (SSSR count). The van der Waals surface area contributed by atoms with E-state index in [2.05, 4.69) is 23.9 Å². The van der Waals surface area contributed by atoms with E-state index in [4.69, 9.17) is 10.9 Å². The van der Waals surface area contributed by atoms with E-state index in [1.165, 1.54) is 0 Å². The summed E-state index contributed by atoms with van der Waals surface area (Å²) in [5.41, 5.74) is 5.78. The summed E-state index contributed by atoms with van der Waals surface area (Å²) < 4.78 is -0.153. The third-order valence-corrected chi connectivity index (χ3v) is 4.70. The molecule has 0 radical (unpaired) electrons. The molecule has 0 spiro atoms. The highest BCUT2D eigenvalue weighted by atomic mass is 32.2. The fraction of sp³-hybridized carbons (Fsp3) is 0.900. The van der Waals surface area contributed by atoms with Gasteiger partial charge in [0.1, 0.15) is 0 Å². The summed E-state index contributed by atoms with van der Waals surface area (Å²) in [6.45, 7) is 6.45. The Bertz CT molecular complexity index is 235. The fourth-order valence-electron chi connectivity index (χ4n) is 2.06. The van der Waals surface area contributed by atoms with E-state index in [9.17, 15) is 0 Å². The van der Waals surface area contributed by atoms with Gasteiger partial charge in [-0.2, -0.15) is 11.8 Å². The van der Waals surface area contributed by atoms with Crippen molar-refractivity contribution in [2.24, 2.45) is 10.9 Å². The first-order chi connectivity index (χ1) is 7.05. The number of likely N-dealkylation sites (tertiary alicyclic amines) is 1. The zero-order valence-corrected chi connectivity index (χ0v) is 10.5. The summed E-state index contributed by atoms with van der Waals surface area (Å²) in [5, 5.41) is 12.0. The smallest absolute Gasteiger partial charge is 0.155 e. The van der Waals surface area contributed by atoms with Crippen LogP contribution in [0.5, 0.6) is 0 Å². The molecule has 0 bridgehead atoms. The van der Waals surface area contributed by atoms with Gasteiger partial charge in [0.05, 0.1) is 4.75 Å². The van der Waals surface area contributed by atoms with Crippen molar-refractivity contribution < 1.29 is 5.21 Å². The Morgan fingerprint density at radius 1 is 1.47 bits per heavy atom. The molecular weight excluding hydrogens is 210 g/mol. The maximum absolute atomic E-state index is 8.79. The molecule has 3 N–H and O–H groups in total. The Balaban J connectivity index is 2.67. The molecule has 0 saturated carbocycles. The minimum absolute atomic E-state index is 0.153. The first kappa shape index (κ1) is 12.6. The van der Waals surface area contributed by atoms with E-state index in [-0.39, 0.29) is 4.75 Å². The molecule has 0 amide bonds. The largest absolute Gasteiger partial charge is 0.409 e. The molecular formula is C10H21N3OS.